The van der Waals surface area contributed by atoms with E-state index >= 15 is 0 Å². The van der Waals surface area contributed by atoms with Crippen LogP contribution in [0.15, 0.2) is 46.9 Å². The Kier molecular flexibility index (Phi) is 4.63. The maximum atomic E-state index is 5.82. The Morgan fingerprint density at radius 2 is 1.74 bits per heavy atom. The van der Waals surface area contributed by atoms with Crippen LogP contribution in [0.5, 0.6) is 0 Å². The molecule has 3 nitrogen and oxygen atoms in total. The fraction of sp³-hybridized carbons (Fsp3) is 0.375. The molecular weight excluding hydrogens is 236 g/mol. The van der Waals surface area contributed by atoms with Crippen LogP contribution in [0, 0.1) is 0 Å². The van der Waals surface area contributed by atoms with Crippen molar-refractivity contribution in [2.75, 3.05) is 11.9 Å². The van der Waals surface area contributed by atoms with Gasteiger partial charge in [0.1, 0.15) is 11.5 Å². The summed E-state index contributed by atoms with van der Waals surface area (Å²) in [7, 11) is 2.07. The zero-order valence-electron chi connectivity index (χ0n) is 11.9. The van der Waals surface area contributed by atoms with Gasteiger partial charge in [-0.2, -0.15) is 0 Å². The van der Waals surface area contributed by atoms with Crippen molar-refractivity contribution in [1.29, 1.82) is 0 Å². The van der Waals surface area contributed by atoms with Gasteiger partial charge in [-0.1, -0.05) is 32.0 Å². The van der Waals surface area contributed by atoms with Crippen LogP contribution in [0.25, 0.3) is 0 Å². The zero-order chi connectivity index (χ0) is 13.7. The van der Waals surface area contributed by atoms with E-state index in [0.29, 0.717) is 6.04 Å². The Bertz CT molecular complexity index is 490. The fourth-order valence-electron chi connectivity index (χ4n) is 1.91. The SMILES string of the molecule is CC(C)NCc1ccc(CN(C)c2ccccc2)o1. The van der Waals surface area contributed by atoms with Gasteiger partial charge in [-0.15, -0.1) is 0 Å². The van der Waals surface area contributed by atoms with Gasteiger partial charge in [0.2, 0.25) is 0 Å². The van der Waals surface area contributed by atoms with Crippen LogP contribution in [0.1, 0.15) is 25.4 Å². The Labute approximate surface area is 115 Å². The molecule has 2 aromatic rings. The zero-order valence-corrected chi connectivity index (χ0v) is 11.9. The quantitative estimate of drug-likeness (QED) is 0.860. The van der Waals surface area contributed by atoms with Gasteiger partial charge in [0, 0.05) is 18.8 Å². The lowest BCUT2D eigenvalue weighted by Crippen LogP contribution is -2.21. The van der Waals surface area contributed by atoms with E-state index in [-0.39, 0.29) is 0 Å². The van der Waals surface area contributed by atoms with Gasteiger partial charge in [0.25, 0.3) is 0 Å². The van der Waals surface area contributed by atoms with E-state index in [9.17, 15) is 0 Å². The molecule has 1 N–H and O–H groups in total. The van der Waals surface area contributed by atoms with Crippen molar-refractivity contribution in [1.82, 2.24) is 5.32 Å². The molecule has 0 fully saturated rings. The van der Waals surface area contributed by atoms with Gasteiger partial charge in [0.15, 0.2) is 0 Å². The number of nitrogens with zero attached hydrogens (tertiary/aromatic N) is 1. The lowest BCUT2D eigenvalue weighted by molar-refractivity contribution is 0.434. The minimum Gasteiger partial charge on any atom is -0.463 e. The highest BCUT2D eigenvalue weighted by atomic mass is 16.3. The summed E-state index contributed by atoms with van der Waals surface area (Å²) in [5.74, 6) is 1.98. The highest BCUT2D eigenvalue weighted by Gasteiger charge is 2.06. The van der Waals surface area contributed by atoms with E-state index in [4.69, 9.17) is 4.42 Å². The molecule has 3 heteroatoms. The molecule has 2 rings (SSSR count). The minimum absolute atomic E-state index is 0.473. The maximum absolute atomic E-state index is 5.82. The number of anilines is 1. The fourth-order valence-corrected chi connectivity index (χ4v) is 1.91. The second-order valence-electron chi connectivity index (χ2n) is 5.10. The number of rotatable bonds is 6. The number of hydrogen-bond acceptors (Lipinski definition) is 3. The summed E-state index contributed by atoms with van der Waals surface area (Å²) >= 11 is 0. The molecule has 0 spiro atoms. The van der Waals surface area contributed by atoms with Gasteiger partial charge in [-0.3, -0.25) is 0 Å². The molecule has 0 radical (unpaired) electrons. The molecule has 0 amide bonds. The summed E-state index contributed by atoms with van der Waals surface area (Å²) < 4.78 is 5.82. The summed E-state index contributed by atoms with van der Waals surface area (Å²) in [5, 5.41) is 3.35. The monoisotopic (exact) mass is 258 g/mol. The molecule has 0 saturated carbocycles. The molecule has 0 aliphatic heterocycles. The predicted molar refractivity (Wildman–Crippen MR) is 79.2 cm³/mol. The smallest absolute Gasteiger partial charge is 0.123 e. The average molecular weight is 258 g/mol. The lowest BCUT2D eigenvalue weighted by Gasteiger charge is -2.17. The van der Waals surface area contributed by atoms with Crippen molar-refractivity contribution >= 4 is 5.69 Å². The molecule has 1 aromatic heterocycles. The van der Waals surface area contributed by atoms with Crippen molar-refractivity contribution in [3.8, 4) is 0 Å². The average Bonchev–Trinajstić information content (AvgIpc) is 2.85. The third-order valence-electron chi connectivity index (χ3n) is 2.99. The normalized spacial score (nSPS) is 10.9. The first kappa shape index (κ1) is 13.7. The molecule has 0 aliphatic rings. The lowest BCUT2D eigenvalue weighted by atomic mass is 10.3. The summed E-state index contributed by atoms with van der Waals surface area (Å²) in [6.45, 7) is 5.83. The first-order valence-corrected chi connectivity index (χ1v) is 6.72. The number of benzene rings is 1. The Hall–Kier alpha value is -1.74. The van der Waals surface area contributed by atoms with Gasteiger partial charge in [0.05, 0.1) is 13.1 Å². The van der Waals surface area contributed by atoms with Gasteiger partial charge < -0.3 is 14.6 Å². The number of furan rings is 1. The Morgan fingerprint density at radius 1 is 1.05 bits per heavy atom. The molecule has 1 heterocycles. The van der Waals surface area contributed by atoms with E-state index in [1.165, 1.54) is 5.69 Å². The van der Waals surface area contributed by atoms with Crippen LogP contribution in [0.2, 0.25) is 0 Å². The van der Waals surface area contributed by atoms with Gasteiger partial charge in [-0.05, 0) is 24.3 Å². The second-order valence-corrected chi connectivity index (χ2v) is 5.10. The van der Waals surface area contributed by atoms with E-state index in [1.807, 2.05) is 24.3 Å². The summed E-state index contributed by atoms with van der Waals surface area (Å²) in [6, 6.07) is 14.9. The van der Waals surface area contributed by atoms with Crippen LogP contribution in [0.3, 0.4) is 0 Å². The molecule has 102 valence electrons. The van der Waals surface area contributed by atoms with Crippen LogP contribution in [-0.2, 0) is 13.1 Å². The molecule has 19 heavy (non-hydrogen) atoms. The van der Waals surface area contributed by atoms with E-state index in [1.54, 1.807) is 0 Å². The van der Waals surface area contributed by atoms with E-state index < -0.39 is 0 Å². The molecule has 0 saturated heterocycles. The molecule has 0 bridgehead atoms. The van der Waals surface area contributed by atoms with Crippen LogP contribution in [0.4, 0.5) is 5.69 Å². The van der Waals surface area contributed by atoms with Crippen LogP contribution in [-0.4, -0.2) is 13.1 Å². The molecule has 1 aromatic carbocycles. The maximum Gasteiger partial charge on any atom is 0.123 e. The van der Waals surface area contributed by atoms with E-state index in [2.05, 4.69) is 49.3 Å². The molecule has 0 aliphatic carbocycles. The first-order chi connectivity index (χ1) is 9.15. The van der Waals surface area contributed by atoms with Crippen molar-refractivity contribution in [3.63, 3.8) is 0 Å². The molecule has 0 atom stereocenters. The third-order valence-corrected chi connectivity index (χ3v) is 2.99. The second kappa shape index (κ2) is 6.43. The third kappa shape index (κ3) is 4.14. The van der Waals surface area contributed by atoms with Gasteiger partial charge >= 0.3 is 0 Å². The van der Waals surface area contributed by atoms with Gasteiger partial charge in [-0.25, -0.2) is 0 Å². The van der Waals surface area contributed by atoms with Crippen molar-refractivity contribution in [2.24, 2.45) is 0 Å². The Morgan fingerprint density at radius 3 is 2.42 bits per heavy atom. The van der Waals surface area contributed by atoms with Crippen LogP contribution >= 0.6 is 0 Å². The highest BCUT2D eigenvalue weighted by molar-refractivity contribution is 5.45. The topological polar surface area (TPSA) is 28.4 Å². The molecular formula is C16H22N2O. The van der Waals surface area contributed by atoms with E-state index in [0.717, 1.165) is 24.6 Å². The predicted octanol–water partition coefficient (Wildman–Crippen LogP) is 3.41. The number of nitrogens with one attached hydrogen (secondary N) is 1. The molecule has 0 unspecified atom stereocenters. The largest absolute Gasteiger partial charge is 0.463 e. The first-order valence-electron chi connectivity index (χ1n) is 6.72. The highest BCUT2D eigenvalue weighted by Crippen LogP contribution is 2.16. The minimum atomic E-state index is 0.473. The summed E-state index contributed by atoms with van der Waals surface area (Å²) in [4.78, 5) is 2.18. The standard InChI is InChI=1S/C16H22N2O/c1-13(2)17-11-15-9-10-16(19-15)12-18(3)14-7-5-4-6-8-14/h4-10,13,17H,11-12H2,1-3H3. The summed E-state index contributed by atoms with van der Waals surface area (Å²) in [6.07, 6.45) is 0. The summed E-state index contributed by atoms with van der Waals surface area (Å²) in [5.41, 5.74) is 1.20. The Balaban J connectivity index is 1.93. The van der Waals surface area contributed by atoms with Crippen LogP contribution < -0.4 is 10.2 Å². The number of hydrogen-bond donors (Lipinski definition) is 1. The van der Waals surface area contributed by atoms with Crippen molar-refractivity contribution < 1.29 is 4.42 Å². The number of para-hydroxylation sites is 1. The van der Waals surface area contributed by atoms with Crippen molar-refractivity contribution in [2.45, 2.75) is 33.0 Å². The van der Waals surface area contributed by atoms with Crippen molar-refractivity contribution in [3.05, 3.63) is 54.0 Å².